The second-order valence-electron chi connectivity index (χ2n) is 21.5. The maximum absolute atomic E-state index is 2.53. The lowest BCUT2D eigenvalue weighted by atomic mass is 9.70. The number of fused-ring (bicyclic) bond motifs is 14. The van der Waals surface area contributed by atoms with Crippen molar-refractivity contribution in [1.29, 1.82) is 0 Å². The first kappa shape index (κ1) is 47.7. The summed E-state index contributed by atoms with van der Waals surface area (Å²) in [6.45, 7) is 0. The first-order chi connectivity index (χ1) is 40.7. The summed E-state index contributed by atoms with van der Waals surface area (Å²) in [7, 11) is 0. The fraction of sp³-hybridized carbons (Fsp3) is 0.0127. The molecular weight excluding hydrogens is 1010 g/mol. The molecular formula is C79H52N2S. The van der Waals surface area contributed by atoms with E-state index in [1.807, 2.05) is 11.3 Å². The van der Waals surface area contributed by atoms with Crippen LogP contribution in [0.15, 0.2) is 315 Å². The quantitative estimate of drug-likeness (QED) is 0.135. The van der Waals surface area contributed by atoms with E-state index in [4.69, 9.17) is 0 Å². The lowest BCUT2D eigenvalue weighted by Crippen LogP contribution is -2.26. The average Bonchev–Trinajstić information content (AvgIpc) is 1.70. The molecule has 1 aromatic heterocycles. The van der Waals surface area contributed by atoms with E-state index in [0.29, 0.717) is 0 Å². The first-order valence-electron chi connectivity index (χ1n) is 28.2. The van der Waals surface area contributed by atoms with E-state index in [2.05, 4.69) is 325 Å². The van der Waals surface area contributed by atoms with Gasteiger partial charge in [0.1, 0.15) is 0 Å². The van der Waals surface area contributed by atoms with Gasteiger partial charge in [0.05, 0.1) is 5.41 Å². The molecule has 2 aliphatic rings. The van der Waals surface area contributed by atoms with Crippen LogP contribution in [0.25, 0.3) is 86.9 Å². The maximum Gasteiger partial charge on any atom is 0.0727 e. The van der Waals surface area contributed by atoms with Gasteiger partial charge in [-0.3, -0.25) is 0 Å². The van der Waals surface area contributed by atoms with Gasteiger partial charge in [-0.05, 0) is 174 Å². The molecule has 0 fully saturated rings. The zero-order valence-corrected chi connectivity index (χ0v) is 45.6. The van der Waals surface area contributed by atoms with Crippen LogP contribution in [-0.2, 0) is 5.41 Å². The highest BCUT2D eigenvalue weighted by Gasteiger charge is 2.53. The van der Waals surface area contributed by atoms with E-state index >= 15 is 0 Å². The van der Waals surface area contributed by atoms with Crippen molar-refractivity contribution in [2.45, 2.75) is 5.41 Å². The van der Waals surface area contributed by atoms with Crippen LogP contribution in [0.5, 0.6) is 0 Å². The summed E-state index contributed by atoms with van der Waals surface area (Å²) in [5.41, 5.74) is 25.7. The molecule has 0 saturated carbocycles. The van der Waals surface area contributed by atoms with E-state index in [-0.39, 0.29) is 0 Å². The van der Waals surface area contributed by atoms with Gasteiger partial charge in [0.25, 0.3) is 0 Å². The molecule has 1 unspecified atom stereocenters. The molecule has 0 aliphatic heterocycles. The number of nitrogens with zero attached hydrogens (tertiary/aromatic N) is 2. The zero-order valence-electron chi connectivity index (χ0n) is 44.8. The lowest BCUT2D eigenvalue weighted by molar-refractivity contribution is 0.794. The van der Waals surface area contributed by atoms with Gasteiger partial charge < -0.3 is 9.80 Å². The SMILES string of the molecule is c1ccc(-c2ccc(N(c3ccc(-c4ccccc4)cc3)c3ccc4c(c3)C3(c5ccccc5-4)c4cc(N(c5ccc(-c6ccccc6)cc5)c5ccc(-c6ccccc6)cc5)ccc4-c4c3ccc3sc5ccccc5c43)cc2)cc1. The monoisotopic (exact) mass is 1060 g/mol. The van der Waals surface area contributed by atoms with E-state index in [1.165, 1.54) is 109 Å². The summed E-state index contributed by atoms with van der Waals surface area (Å²) in [4.78, 5) is 4.90. The molecule has 0 saturated heterocycles. The van der Waals surface area contributed by atoms with Crippen molar-refractivity contribution in [2.75, 3.05) is 9.80 Å². The number of thiophene rings is 1. The summed E-state index contributed by atoms with van der Waals surface area (Å²) in [6.07, 6.45) is 0. The van der Waals surface area contributed by atoms with Crippen LogP contribution < -0.4 is 9.80 Å². The molecule has 1 atom stereocenters. The molecule has 2 aliphatic carbocycles. The number of hydrogen-bond acceptors (Lipinski definition) is 3. The Bertz CT molecular complexity index is 4520. The van der Waals surface area contributed by atoms with Gasteiger partial charge in [-0.15, -0.1) is 11.3 Å². The summed E-state index contributed by atoms with van der Waals surface area (Å²) < 4.78 is 2.60. The molecule has 13 aromatic carbocycles. The highest BCUT2D eigenvalue weighted by molar-refractivity contribution is 7.26. The van der Waals surface area contributed by atoms with Crippen molar-refractivity contribution in [3.8, 4) is 66.8 Å². The lowest BCUT2D eigenvalue weighted by Gasteiger charge is -2.33. The predicted octanol–water partition coefficient (Wildman–Crippen LogP) is 22.0. The van der Waals surface area contributed by atoms with Crippen LogP contribution in [0.2, 0.25) is 0 Å². The Morgan fingerprint density at radius 1 is 0.232 bits per heavy atom. The molecule has 82 heavy (non-hydrogen) atoms. The highest BCUT2D eigenvalue weighted by atomic mass is 32.1. The predicted molar refractivity (Wildman–Crippen MR) is 347 cm³/mol. The van der Waals surface area contributed by atoms with Crippen LogP contribution in [0, 0.1) is 0 Å². The van der Waals surface area contributed by atoms with Gasteiger partial charge >= 0.3 is 0 Å². The minimum Gasteiger partial charge on any atom is -0.310 e. The van der Waals surface area contributed by atoms with Crippen molar-refractivity contribution in [3.63, 3.8) is 0 Å². The molecule has 0 radical (unpaired) electrons. The second kappa shape index (κ2) is 19.5. The largest absolute Gasteiger partial charge is 0.310 e. The van der Waals surface area contributed by atoms with Crippen LogP contribution in [0.3, 0.4) is 0 Å². The summed E-state index contributed by atoms with van der Waals surface area (Å²) >= 11 is 1.89. The molecule has 3 heteroatoms. The standard InChI is InChI=1S/C79H52N2S/c1-5-17-53(18-6-1)57-29-37-61(38-30-57)80(62-39-31-58(32-40-62)54-19-7-2-8-20-54)65-45-47-68-67-25-13-15-27-71(67)79(73(68)51-65)72-49-50-76-78(70-26-14-16-28-75(70)82-76)77(72)69-48-46-66(52-74(69)79)81(63-41-33-59(34-42-63)55-21-9-3-10-22-55)64-43-35-60(36-44-64)56-23-11-4-12-24-56/h1-52H. The number of benzene rings is 13. The number of hydrogen-bond donors (Lipinski definition) is 0. The molecule has 384 valence electrons. The van der Waals surface area contributed by atoms with Gasteiger partial charge in [0.15, 0.2) is 0 Å². The highest BCUT2D eigenvalue weighted by Crippen LogP contribution is 2.66. The van der Waals surface area contributed by atoms with Gasteiger partial charge in [0, 0.05) is 54.3 Å². The van der Waals surface area contributed by atoms with Crippen molar-refractivity contribution >= 4 is 65.6 Å². The van der Waals surface area contributed by atoms with Crippen LogP contribution in [-0.4, -0.2) is 0 Å². The Hall–Kier alpha value is -10.3. The van der Waals surface area contributed by atoms with Crippen molar-refractivity contribution in [3.05, 3.63) is 338 Å². The molecule has 16 rings (SSSR count). The fourth-order valence-corrected chi connectivity index (χ4v) is 14.5. The summed E-state index contributed by atoms with van der Waals surface area (Å²) in [5, 5.41) is 2.63. The van der Waals surface area contributed by atoms with E-state index in [1.54, 1.807) is 0 Å². The molecule has 0 amide bonds. The van der Waals surface area contributed by atoms with Gasteiger partial charge in [-0.25, -0.2) is 0 Å². The van der Waals surface area contributed by atoms with Gasteiger partial charge in [-0.2, -0.15) is 0 Å². The van der Waals surface area contributed by atoms with Crippen LogP contribution in [0.1, 0.15) is 22.3 Å². The minimum atomic E-state index is -0.681. The fourth-order valence-electron chi connectivity index (χ4n) is 13.4. The Morgan fingerprint density at radius 3 is 1.05 bits per heavy atom. The topological polar surface area (TPSA) is 6.48 Å². The van der Waals surface area contributed by atoms with Gasteiger partial charge in [-0.1, -0.05) is 231 Å². The third kappa shape index (κ3) is 7.69. The average molecular weight is 1060 g/mol. The second-order valence-corrected chi connectivity index (χ2v) is 22.6. The summed E-state index contributed by atoms with van der Waals surface area (Å²) in [6, 6.07) is 117. The first-order valence-corrected chi connectivity index (χ1v) is 29.0. The van der Waals surface area contributed by atoms with Crippen molar-refractivity contribution in [1.82, 2.24) is 0 Å². The molecule has 2 nitrogen and oxygen atoms in total. The van der Waals surface area contributed by atoms with Crippen molar-refractivity contribution < 1.29 is 0 Å². The third-order valence-corrected chi connectivity index (χ3v) is 18.2. The molecule has 0 bridgehead atoms. The van der Waals surface area contributed by atoms with E-state index in [9.17, 15) is 0 Å². The Balaban J connectivity index is 0.933. The molecule has 0 N–H and O–H groups in total. The molecule has 1 spiro atoms. The molecule has 14 aromatic rings. The van der Waals surface area contributed by atoms with E-state index in [0.717, 1.165) is 34.1 Å². The van der Waals surface area contributed by atoms with Crippen LogP contribution in [0.4, 0.5) is 34.1 Å². The third-order valence-electron chi connectivity index (χ3n) is 17.1. The molecule has 1 heterocycles. The maximum atomic E-state index is 2.53. The Labute approximate surface area is 482 Å². The smallest absolute Gasteiger partial charge is 0.0727 e. The van der Waals surface area contributed by atoms with Crippen LogP contribution >= 0.6 is 11.3 Å². The van der Waals surface area contributed by atoms with E-state index < -0.39 is 5.41 Å². The van der Waals surface area contributed by atoms with Crippen molar-refractivity contribution in [2.24, 2.45) is 0 Å². The number of rotatable bonds is 10. The zero-order chi connectivity index (χ0) is 54.1. The number of anilines is 6. The summed E-state index contributed by atoms with van der Waals surface area (Å²) in [5.74, 6) is 0. The normalized spacial score (nSPS) is 13.7. The minimum absolute atomic E-state index is 0.681. The Kier molecular flexibility index (Phi) is 11.3. The Morgan fingerprint density at radius 2 is 0.585 bits per heavy atom. The van der Waals surface area contributed by atoms with Gasteiger partial charge in [0.2, 0.25) is 0 Å².